The summed E-state index contributed by atoms with van der Waals surface area (Å²) in [7, 11) is 0. The van der Waals surface area contributed by atoms with Gasteiger partial charge >= 0.3 is 5.97 Å². The Hall–Kier alpha value is -1.92. The summed E-state index contributed by atoms with van der Waals surface area (Å²) in [5, 5.41) is 0. The van der Waals surface area contributed by atoms with Crippen LogP contribution in [0.25, 0.3) is 0 Å². The van der Waals surface area contributed by atoms with Crippen molar-refractivity contribution in [2.75, 3.05) is 32.9 Å². The number of hydrogen-bond acceptors (Lipinski definition) is 5. The number of hydrogen-bond donors (Lipinski definition) is 1. The molecule has 1 aromatic carbocycles. The third-order valence-electron chi connectivity index (χ3n) is 6.12. The highest BCUT2D eigenvalue weighted by molar-refractivity contribution is 5.77. The van der Waals surface area contributed by atoms with Crippen LogP contribution in [0.3, 0.4) is 0 Å². The van der Waals surface area contributed by atoms with Gasteiger partial charge in [0.15, 0.2) is 0 Å². The van der Waals surface area contributed by atoms with Crippen LogP contribution in [0.4, 0.5) is 0 Å². The third kappa shape index (κ3) is 6.82. The molecule has 6 nitrogen and oxygen atoms in total. The van der Waals surface area contributed by atoms with Gasteiger partial charge in [0.25, 0.3) is 0 Å². The SMILES string of the molecule is NC(=O)C1CCCN(CN2CCCC[C@H]2C(=O)OCCCCc2ccccc2)C1. The molecule has 3 rings (SSSR count). The van der Waals surface area contributed by atoms with E-state index < -0.39 is 0 Å². The normalized spacial score (nSPS) is 23.6. The zero-order valence-corrected chi connectivity index (χ0v) is 17.4. The first kappa shape index (κ1) is 21.8. The summed E-state index contributed by atoms with van der Waals surface area (Å²) in [6.07, 6.45) is 7.81. The number of benzene rings is 1. The Bertz CT molecular complexity index is 652. The fraction of sp³-hybridized carbons (Fsp3) is 0.652. The van der Waals surface area contributed by atoms with E-state index in [1.807, 2.05) is 6.07 Å². The van der Waals surface area contributed by atoms with Crippen LogP contribution in [-0.2, 0) is 20.7 Å². The Morgan fingerprint density at radius 2 is 1.86 bits per heavy atom. The standard InChI is InChI=1S/C23H35N3O3/c24-22(27)20-12-8-14-25(17-20)18-26-15-6-4-13-21(26)23(28)29-16-7-5-11-19-9-2-1-3-10-19/h1-3,9-10,20-21H,4-8,11-18H2,(H2,24,27)/t20?,21-/m0/s1. The summed E-state index contributed by atoms with van der Waals surface area (Å²) >= 11 is 0. The second kappa shape index (κ2) is 11.3. The van der Waals surface area contributed by atoms with Crippen molar-refractivity contribution in [2.45, 2.75) is 57.4 Å². The zero-order chi connectivity index (χ0) is 20.5. The van der Waals surface area contributed by atoms with Gasteiger partial charge in [-0.2, -0.15) is 0 Å². The van der Waals surface area contributed by atoms with E-state index in [4.69, 9.17) is 10.5 Å². The highest BCUT2D eigenvalue weighted by Gasteiger charge is 2.32. The van der Waals surface area contributed by atoms with E-state index in [1.54, 1.807) is 0 Å². The average Bonchev–Trinajstić information content (AvgIpc) is 2.74. The summed E-state index contributed by atoms with van der Waals surface area (Å²) in [5.41, 5.74) is 6.83. The molecule has 1 amide bonds. The van der Waals surface area contributed by atoms with Gasteiger partial charge < -0.3 is 10.5 Å². The number of piperidine rings is 2. The molecule has 2 atom stereocenters. The monoisotopic (exact) mass is 401 g/mol. The van der Waals surface area contributed by atoms with Crippen LogP contribution in [0.2, 0.25) is 0 Å². The molecule has 0 aliphatic carbocycles. The smallest absolute Gasteiger partial charge is 0.323 e. The molecule has 1 aromatic rings. The Morgan fingerprint density at radius 1 is 1.03 bits per heavy atom. The third-order valence-corrected chi connectivity index (χ3v) is 6.12. The predicted octanol–water partition coefficient (Wildman–Crippen LogP) is 2.56. The van der Waals surface area contributed by atoms with Crippen molar-refractivity contribution in [2.24, 2.45) is 11.7 Å². The number of amides is 1. The van der Waals surface area contributed by atoms with Gasteiger partial charge in [-0.05, 0) is 57.1 Å². The van der Waals surface area contributed by atoms with E-state index in [0.29, 0.717) is 13.2 Å². The van der Waals surface area contributed by atoms with Crippen LogP contribution < -0.4 is 5.73 Å². The lowest BCUT2D eigenvalue weighted by Gasteiger charge is -2.40. The van der Waals surface area contributed by atoms with Crippen molar-refractivity contribution < 1.29 is 14.3 Å². The van der Waals surface area contributed by atoms with E-state index in [-0.39, 0.29) is 23.8 Å². The van der Waals surface area contributed by atoms with Crippen molar-refractivity contribution in [3.8, 4) is 0 Å². The highest BCUT2D eigenvalue weighted by atomic mass is 16.5. The van der Waals surface area contributed by atoms with Crippen molar-refractivity contribution in [1.29, 1.82) is 0 Å². The van der Waals surface area contributed by atoms with Gasteiger partial charge in [0.2, 0.25) is 5.91 Å². The molecular weight excluding hydrogens is 366 g/mol. The van der Waals surface area contributed by atoms with Crippen LogP contribution >= 0.6 is 0 Å². The highest BCUT2D eigenvalue weighted by Crippen LogP contribution is 2.22. The number of unbranched alkanes of at least 4 members (excludes halogenated alkanes) is 1. The molecular formula is C23H35N3O3. The summed E-state index contributed by atoms with van der Waals surface area (Å²) in [6, 6.07) is 10.2. The first-order valence-corrected chi connectivity index (χ1v) is 11.1. The summed E-state index contributed by atoms with van der Waals surface area (Å²) in [5.74, 6) is -0.365. The van der Waals surface area contributed by atoms with Gasteiger partial charge in [0.1, 0.15) is 6.04 Å². The number of primary amides is 1. The molecule has 1 unspecified atom stereocenters. The molecule has 2 aliphatic rings. The minimum absolute atomic E-state index is 0.0662. The van der Waals surface area contributed by atoms with Crippen molar-refractivity contribution >= 4 is 11.9 Å². The number of esters is 1. The fourth-order valence-electron chi connectivity index (χ4n) is 4.45. The Balaban J connectivity index is 1.41. The second-order valence-corrected chi connectivity index (χ2v) is 8.39. The fourth-order valence-corrected chi connectivity index (χ4v) is 4.45. The van der Waals surface area contributed by atoms with Crippen LogP contribution in [0.5, 0.6) is 0 Å². The maximum atomic E-state index is 12.7. The maximum absolute atomic E-state index is 12.7. The average molecular weight is 402 g/mol. The minimum Gasteiger partial charge on any atom is -0.465 e. The van der Waals surface area contributed by atoms with Gasteiger partial charge in [-0.25, -0.2) is 0 Å². The molecule has 0 spiro atoms. The molecule has 6 heteroatoms. The van der Waals surface area contributed by atoms with E-state index in [2.05, 4.69) is 34.1 Å². The molecule has 0 radical (unpaired) electrons. The molecule has 160 valence electrons. The maximum Gasteiger partial charge on any atom is 0.323 e. The van der Waals surface area contributed by atoms with E-state index in [0.717, 1.165) is 71.1 Å². The number of carbonyl (C=O) groups excluding carboxylic acids is 2. The molecule has 2 aliphatic heterocycles. The molecule has 0 aromatic heterocycles. The Kier molecular flexibility index (Phi) is 8.50. The van der Waals surface area contributed by atoms with E-state index >= 15 is 0 Å². The molecule has 2 heterocycles. The minimum atomic E-state index is -0.209. The Morgan fingerprint density at radius 3 is 2.66 bits per heavy atom. The second-order valence-electron chi connectivity index (χ2n) is 8.39. The summed E-state index contributed by atoms with van der Waals surface area (Å²) < 4.78 is 5.62. The van der Waals surface area contributed by atoms with E-state index in [1.165, 1.54) is 5.56 Å². The number of nitrogens with zero attached hydrogens (tertiary/aromatic N) is 2. The van der Waals surface area contributed by atoms with Gasteiger partial charge in [-0.15, -0.1) is 0 Å². The van der Waals surface area contributed by atoms with Crippen LogP contribution in [0.1, 0.15) is 50.5 Å². The van der Waals surface area contributed by atoms with Crippen molar-refractivity contribution in [3.05, 3.63) is 35.9 Å². The Labute approximate surface area is 174 Å². The lowest BCUT2D eigenvalue weighted by atomic mass is 9.97. The van der Waals surface area contributed by atoms with Gasteiger partial charge in [-0.3, -0.25) is 19.4 Å². The molecule has 2 saturated heterocycles. The van der Waals surface area contributed by atoms with Crippen LogP contribution in [-0.4, -0.2) is 60.6 Å². The number of aryl methyl sites for hydroxylation is 1. The lowest BCUT2D eigenvalue weighted by molar-refractivity contribution is -0.153. The van der Waals surface area contributed by atoms with Gasteiger partial charge in [0.05, 0.1) is 19.2 Å². The zero-order valence-electron chi connectivity index (χ0n) is 17.4. The van der Waals surface area contributed by atoms with Crippen LogP contribution in [0, 0.1) is 5.92 Å². The number of ether oxygens (including phenoxy) is 1. The molecule has 29 heavy (non-hydrogen) atoms. The van der Waals surface area contributed by atoms with Crippen LogP contribution in [0.15, 0.2) is 30.3 Å². The van der Waals surface area contributed by atoms with Crippen molar-refractivity contribution in [3.63, 3.8) is 0 Å². The molecule has 0 saturated carbocycles. The molecule has 2 fully saturated rings. The number of carbonyl (C=O) groups is 2. The topological polar surface area (TPSA) is 75.9 Å². The van der Waals surface area contributed by atoms with Gasteiger partial charge in [-0.1, -0.05) is 36.8 Å². The van der Waals surface area contributed by atoms with E-state index in [9.17, 15) is 9.59 Å². The number of likely N-dealkylation sites (tertiary alicyclic amines) is 2. The summed E-state index contributed by atoms with van der Waals surface area (Å²) in [4.78, 5) is 28.7. The number of nitrogens with two attached hydrogens (primary N) is 1. The molecule has 0 bridgehead atoms. The number of rotatable bonds is 9. The quantitative estimate of drug-likeness (QED) is 0.508. The molecule has 2 N–H and O–H groups in total. The first-order valence-electron chi connectivity index (χ1n) is 11.1. The first-order chi connectivity index (χ1) is 14.1. The predicted molar refractivity (Wildman–Crippen MR) is 113 cm³/mol. The lowest BCUT2D eigenvalue weighted by Crippen LogP contribution is -2.52. The van der Waals surface area contributed by atoms with Crippen molar-refractivity contribution in [1.82, 2.24) is 9.80 Å². The summed E-state index contributed by atoms with van der Waals surface area (Å²) in [6.45, 7) is 3.78. The van der Waals surface area contributed by atoms with Gasteiger partial charge in [0, 0.05) is 13.1 Å². The largest absolute Gasteiger partial charge is 0.465 e.